The molecule has 2 rings (SSSR count). The van der Waals surface area contributed by atoms with E-state index in [4.69, 9.17) is 0 Å². The average Bonchev–Trinajstić information content (AvgIpc) is 2.64. The Morgan fingerprint density at radius 1 is 0.667 bits per heavy atom. The van der Waals surface area contributed by atoms with Gasteiger partial charge in [-0.2, -0.15) is 0 Å². The molecule has 0 spiro atoms. The summed E-state index contributed by atoms with van der Waals surface area (Å²) in [7, 11) is 3.35. The van der Waals surface area contributed by atoms with Gasteiger partial charge in [-0.05, 0) is 24.0 Å². The van der Waals surface area contributed by atoms with E-state index in [9.17, 15) is 9.59 Å². The maximum atomic E-state index is 12.3. The quantitative estimate of drug-likeness (QED) is 0.766. The van der Waals surface area contributed by atoms with Gasteiger partial charge in [-0.15, -0.1) is 0 Å². The number of amides is 2. The van der Waals surface area contributed by atoms with Gasteiger partial charge < -0.3 is 9.80 Å². The number of nitrogens with zero attached hydrogens (tertiary/aromatic N) is 2. The summed E-state index contributed by atoms with van der Waals surface area (Å²) < 4.78 is 0. The van der Waals surface area contributed by atoms with Crippen LogP contribution < -0.4 is 0 Å². The van der Waals surface area contributed by atoms with E-state index in [-0.39, 0.29) is 0 Å². The lowest BCUT2D eigenvalue weighted by Crippen LogP contribution is -2.43. The minimum atomic E-state index is -0.457. The minimum absolute atomic E-state index is 0.457. The SMILES string of the molecule is CN(CCc1ccccc1)C(=O)C(=O)N(C)CCc1ccccc1. The van der Waals surface area contributed by atoms with Crippen molar-refractivity contribution in [1.82, 2.24) is 9.80 Å². The molecule has 4 nitrogen and oxygen atoms in total. The number of rotatable bonds is 6. The number of benzene rings is 2. The summed E-state index contributed by atoms with van der Waals surface area (Å²) >= 11 is 0. The Kier molecular flexibility index (Phi) is 6.55. The van der Waals surface area contributed by atoms with Gasteiger partial charge >= 0.3 is 11.8 Å². The lowest BCUT2D eigenvalue weighted by molar-refractivity contribution is -0.150. The Hall–Kier alpha value is -2.62. The molecule has 0 fully saturated rings. The summed E-state index contributed by atoms with van der Waals surface area (Å²) in [4.78, 5) is 27.5. The molecule has 0 aliphatic rings. The highest BCUT2D eigenvalue weighted by molar-refractivity contribution is 6.34. The molecule has 0 heterocycles. The van der Waals surface area contributed by atoms with Gasteiger partial charge in [0, 0.05) is 27.2 Å². The fraction of sp³-hybridized carbons (Fsp3) is 0.300. The monoisotopic (exact) mass is 324 g/mol. The van der Waals surface area contributed by atoms with E-state index in [2.05, 4.69) is 0 Å². The topological polar surface area (TPSA) is 40.6 Å². The first-order valence-electron chi connectivity index (χ1n) is 8.16. The molecule has 0 aliphatic carbocycles. The van der Waals surface area contributed by atoms with Crippen molar-refractivity contribution in [2.75, 3.05) is 27.2 Å². The molecule has 0 aromatic heterocycles. The van der Waals surface area contributed by atoms with Crippen LogP contribution in [-0.4, -0.2) is 48.8 Å². The number of carbonyl (C=O) groups excluding carboxylic acids is 2. The van der Waals surface area contributed by atoms with Crippen molar-refractivity contribution in [2.45, 2.75) is 12.8 Å². The molecular weight excluding hydrogens is 300 g/mol. The lowest BCUT2D eigenvalue weighted by atomic mass is 10.1. The summed E-state index contributed by atoms with van der Waals surface area (Å²) in [6.07, 6.45) is 1.48. The maximum Gasteiger partial charge on any atom is 0.311 e. The molecule has 0 radical (unpaired) electrons. The van der Waals surface area contributed by atoms with Crippen LogP contribution >= 0.6 is 0 Å². The average molecular weight is 324 g/mol. The van der Waals surface area contributed by atoms with Crippen LogP contribution in [0, 0.1) is 0 Å². The molecule has 0 saturated carbocycles. The van der Waals surface area contributed by atoms with Gasteiger partial charge in [0.25, 0.3) is 0 Å². The molecule has 24 heavy (non-hydrogen) atoms. The van der Waals surface area contributed by atoms with Gasteiger partial charge in [-0.1, -0.05) is 60.7 Å². The van der Waals surface area contributed by atoms with E-state index < -0.39 is 11.8 Å². The summed E-state index contributed by atoms with van der Waals surface area (Å²) in [5.74, 6) is -0.914. The van der Waals surface area contributed by atoms with Crippen molar-refractivity contribution >= 4 is 11.8 Å². The number of hydrogen-bond acceptors (Lipinski definition) is 2. The van der Waals surface area contributed by atoms with Crippen LogP contribution in [0.3, 0.4) is 0 Å². The minimum Gasteiger partial charge on any atom is -0.337 e. The normalized spacial score (nSPS) is 10.2. The predicted molar refractivity (Wildman–Crippen MR) is 95.6 cm³/mol. The van der Waals surface area contributed by atoms with Gasteiger partial charge in [-0.3, -0.25) is 9.59 Å². The van der Waals surface area contributed by atoms with E-state index in [1.54, 1.807) is 14.1 Å². The first-order valence-corrected chi connectivity index (χ1v) is 8.16. The first-order chi connectivity index (χ1) is 11.6. The molecule has 126 valence electrons. The zero-order valence-electron chi connectivity index (χ0n) is 14.3. The molecule has 0 atom stereocenters. The van der Waals surface area contributed by atoms with Crippen LogP contribution in [-0.2, 0) is 22.4 Å². The van der Waals surface area contributed by atoms with Crippen LogP contribution in [0.5, 0.6) is 0 Å². The molecule has 2 amide bonds. The molecule has 2 aromatic carbocycles. The Morgan fingerprint density at radius 2 is 1.00 bits per heavy atom. The van der Waals surface area contributed by atoms with Crippen molar-refractivity contribution in [1.29, 1.82) is 0 Å². The molecule has 0 unspecified atom stereocenters. The molecule has 0 N–H and O–H groups in total. The van der Waals surface area contributed by atoms with Crippen molar-refractivity contribution in [2.24, 2.45) is 0 Å². The Bertz CT molecular complexity index is 596. The van der Waals surface area contributed by atoms with Crippen molar-refractivity contribution in [3.63, 3.8) is 0 Å². The largest absolute Gasteiger partial charge is 0.337 e. The van der Waals surface area contributed by atoms with E-state index in [0.717, 1.165) is 24.0 Å². The van der Waals surface area contributed by atoms with Crippen LogP contribution in [0.2, 0.25) is 0 Å². The standard InChI is InChI=1S/C20H24N2O2/c1-21(15-13-17-9-5-3-6-10-17)19(23)20(24)22(2)16-14-18-11-7-4-8-12-18/h3-12H,13-16H2,1-2H3. The van der Waals surface area contributed by atoms with E-state index in [0.29, 0.717) is 13.1 Å². The van der Waals surface area contributed by atoms with E-state index in [1.165, 1.54) is 9.80 Å². The number of likely N-dealkylation sites (N-methyl/N-ethyl adjacent to an activating group) is 2. The van der Waals surface area contributed by atoms with E-state index >= 15 is 0 Å². The fourth-order valence-electron chi connectivity index (χ4n) is 2.41. The van der Waals surface area contributed by atoms with Gasteiger partial charge in [-0.25, -0.2) is 0 Å². The third-order valence-corrected chi connectivity index (χ3v) is 4.03. The zero-order valence-corrected chi connectivity index (χ0v) is 14.3. The maximum absolute atomic E-state index is 12.3. The fourth-order valence-corrected chi connectivity index (χ4v) is 2.41. The summed E-state index contributed by atoms with van der Waals surface area (Å²) in [5.41, 5.74) is 2.31. The molecule has 0 saturated heterocycles. The summed E-state index contributed by atoms with van der Waals surface area (Å²) in [6.45, 7) is 1.06. The lowest BCUT2D eigenvalue weighted by Gasteiger charge is -2.21. The predicted octanol–water partition coefficient (Wildman–Crippen LogP) is 2.39. The molecular formula is C20H24N2O2. The van der Waals surface area contributed by atoms with Crippen molar-refractivity contribution < 1.29 is 9.59 Å². The van der Waals surface area contributed by atoms with Gasteiger partial charge in [0.05, 0.1) is 0 Å². The Labute approximate surface area is 143 Å². The van der Waals surface area contributed by atoms with Crippen LogP contribution in [0.1, 0.15) is 11.1 Å². The highest BCUT2D eigenvalue weighted by Crippen LogP contribution is 2.03. The first kappa shape index (κ1) is 17.7. The summed E-state index contributed by atoms with van der Waals surface area (Å²) in [5, 5.41) is 0. The van der Waals surface area contributed by atoms with Crippen LogP contribution in [0.25, 0.3) is 0 Å². The van der Waals surface area contributed by atoms with Gasteiger partial charge in [0.15, 0.2) is 0 Å². The number of hydrogen-bond donors (Lipinski definition) is 0. The van der Waals surface area contributed by atoms with Crippen LogP contribution in [0.15, 0.2) is 60.7 Å². The third kappa shape index (κ3) is 5.23. The smallest absolute Gasteiger partial charge is 0.311 e. The second kappa shape index (κ2) is 8.87. The Balaban J connectivity index is 1.80. The molecule has 4 heteroatoms. The van der Waals surface area contributed by atoms with E-state index in [1.807, 2.05) is 60.7 Å². The zero-order chi connectivity index (χ0) is 17.4. The van der Waals surface area contributed by atoms with Crippen molar-refractivity contribution in [3.05, 3.63) is 71.8 Å². The summed E-state index contributed by atoms with van der Waals surface area (Å²) in [6, 6.07) is 19.9. The third-order valence-electron chi connectivity index (χ3n) is 4.03. The highest BCUT2D eigenvalue weighted by Gasteiger charge is 2.22. The Morgan fingerprint density at radius 3 is 1.33 bits per heavy atom. The van der Waals surface area contributed by atoms with Gasteiger partial charge in [0.1, 0.15) is 0 Å². The number of carbonyl (C=O) groups is 2. The second-order valence-corrected chi connectivity index (χ2v) is 5.92. The highest BCUT2D eigenvalue weighted by atomic mass is 16.2. The van der Waals surface area contributed by atoms with Crippen LogP contribution in [0.4, 0.5) is 0 Å². The molecule has 0 aliphatic heterocycles. The van der Waals surface area contributed by atoms with Gasteiger partial charge in [0.2, 0.25) is 0 Å². The second-order valence-electron chi connectivity index (χ2n) is 5.92. The van der Waals surface area contributed by atoms with Crippen molar-refractivity contribution in [3.8, 4) is 0 Å². The molecule has 0 bridgehead atoms. The molecule has 2 aromatic rings.